The van der Waals surface area contributed by atoms with Crippen LogP contribution in [0.1, 0.15) is 38.5 Å². The average Bonchev–Trinajstić information content (AvgIpc) is 2.75. The average molecular weight is 427 g/mol. The molecule has 0 saturated heterocycles. The van der Waals surface area contributed by atoms with Crippen LogP contribution in [-0.2, 0) is 4.79 Å². The quantitative estimate of drug-likeness (QED) is 0.429. The number of rotatable bonds is 5. The number of para-hydroxylation sites is 1. The third-order valence-electron chi connectivity index (χ3n) is 4.81. The minimum Gasteiger partial charge on any atom is -0.353 e. The van der Waals surface area contributed by atoms with Crippen LogP contribution in [0, 0.1) is 0 Å². The standard InChI is InChI=1S/C17H21N3O2S.C5H5NO/c21-15(18-12-6-2-1-3-7-12)10-11-23-17-19-14-9-5-4-8-13(14)16(22)20-17;7-5-3-1-2-4-6-5/h4-5,8-9,12H,1-3,6-7,10-11H2,(H,18,21)(H,19,20,22);1-4H,(H,6,7). The zero-order chi connectivity index (χ0) is 21.2. The molecule has 0 radical (unpaired) electrons. The van der Waals surface area contributed by atoms with Crippen LogP contribution in [-0.4, -0.2) is 32.7 Å². The summed E-state index contributed by atoms with van der Waals surface area (Å²) in [5, 5.41) is 4.26. The van der Waals surface area contributed by atoms with Crippen molar-refractivity contribution in [2.45, 2.75) is 49.7 Å². The van der Waals surface area contributed by atoms with Crippen LogP contribution in [0.25, 0.3) is 10.9 Å². The summed E-state index contributed by atoms with van der Waals surface area (Å²) in [4.78, 5) is 43.8. The van der Waals surface area contributed by atoms with Gasteiger partial charge in [-0.05, 0) is 31.0 Å². The van der Waals surface area contributed by atoms with Crippen LogP contribution in [0.4, 0.5) is 0 Å². The van der Waals surface area contributed by atoms with Crippen LogP contribution < -0.4 is 16.4 Å². The summed E-state index contributed by atoms with van der Waals surface area (Å²) in [6, 6.07) is 12.5. The van der Waals surface area contributed by atoms with Gasteiger partial charge < -0.3 is 15.3 Å². The van der Waals surface area contributed by atoms with Crippen molar-refractivity contribution in [3.05, 3.63) is 69.4 Å². The maximum Gasteiger partial charge on any atom is 0.259 e. The first-order valence-electron chi connectivity index (χ1n) is 10.2. The molecule has 3 N–H and O–H groups in total. The van der Waals surface area contributed by atoms with Crippen LogP contribution >= 0.6 is 11.8 Å². The molecule has 1 aromatic carbocycles. The number of thioether (sulfide) groups is 1. The van der Waals surface area contributed by atoms with Gasteiger partial charge in [-0.3, -0.25) is 14.4 Å². The number of carbonyl (C=O) groups excluding carboxylic acids is 1. The summed E-state index contributed by atoms with van der Waals surface area (Å²) in [5.41, 5.74) is 0.498. The molecule has 158 valence electrons. The highest BCUT2D eigenvalue weighted by molar-refractivity contribution is 7.99. The van der Waals surface area contributed by atoms with Gasteiger partial charge in [0.25, 0.3) is 5.56 Å². The zero-order valence-corrected chi connectivity index (χ0v) is 17.5. The Balaban J connectivity index is 0.000000310. The van der Waals surface area contributed by atoms with E-state index in [-0.39, 0.29) is 17.0 Å². The van der Waals surface area contributed by atoms with Gasteiger partial charge in [0.1, 0.15) is 0 Å². The molecule has 7 nitrogen and oxygen atoms in total. The SMILES string of the molecule is O=C(CCSc1nc2ccccc2c(=O)[nH]1)NC1CCCCC1.O=c1cccc[nH]1. The van der Waals surface area contributed by atoms with Gasteiger partial charge >= 0.3 is 0 Å². The van der Waals surface area contributed by atoms with Crippen molar-refractivity contribution in [2.24, 2.45) is 0 Å². The molecule has 1 amide bonds. The van der Waals surface area contributed by atoms with Crippen molar-refractivity contribution in [3.63, 3.8) is 0 Å². The Morgan fingerprint density at radius 1 is 1.07 bits per heavy atom. The van der Waals surface area contributed by atoms with Gasteiger partial charge in [-0.1, -0.05) is 49.2 Å². The van der Waals surface area contributed by atoms with Gasteiger partial charge in [-0.15, -0.1) is 0 Å². The van der Waals surface area contributed by atoms with E-state index in [0.717, 1.165) is 12.8 Å². The molecule has 8 heteroatoms. The number of benzene rings is 1. The van der Waals surface area contributed by atoms with Crippen molar-refractivity contribution in [2.75, 3.05) is 5.75 Å². The van der Waals surface area contributed by atoms with Crippen LogP contribution in [0.5, 0.6) is 0 Å². The van der Waals surface area contributed by atoms with E-state index in [1.807, 2.05) is 18.2 Å². The van der Waals surface area contributed by atoms with Crippen molar-refractivity contribution >= 4 is 28.6 Å². The van der Waals surface area contributed by atoms with E-state index in [1.54, 1.807) is 24.4 Å². The van der Waals surface area contributed by atoms with Crippen molar-refractivity contribution in [1.82, 2.24) is 20.3 Å². The number of hydrogen-bond acceptors (Lipinski definition) is 5. The Labute approximate surface area is 178 Å². The summed E-state index contributed by atoms with van der Waals surface area (Å²) in [5.74, 6) is 0.701. The number of amides is 1. The molecule has 0 aliphatic heterocycles. The molecule has 3 aromatic rings. The van der Waals surface area contributed by atoms with E-state index >= 15 is 0 Å². The first kappa shape index (κ1) is 21.8. The molecule has 4 rings (SSSR count). The smallest absolute Gasteiger partial charge is 0.259 e. The first-order valence-corrected chi connectivity index (χ1v) is 11.2. The van der Waals surface area contributed by atoms with Crippen LogP contribution in [0.2, 0.25) is 0 Å². The molecule has 1 aliphatic rings. The van der Waals surface area contributed by atoms with Gasteiger partial charge in [-0.2, -0.15) is 0 Å². The van der Waals surface area contributed by atoms with E-state index in [2.05, 4.69) is 20.3 Å². The Kier molecular flexibility index (Phi) is 8.26. The summed E-state index contributed by atoms with van der Waals surface area (Å²) in [6.07, 6.45) is 7.93. The van der Waals surface area contributed by atoms with Gasteiger partial charge in [0, 0.05) is 30.5 Å². The molecule has 1 aliphatic carbocycles. The van der Waals surface area contributed by atoms with Gasteiger partial charge in [0.05, 0.1) is 10.9 Å². The number of fused-ring (bicyclic) bond motifs is 1. The van der Waals surface area contributed by atoms with E-state index < -0.39 is 0 Å². The lowest BCUT2D eigenvalue weighted by Gasteiger charge is -2.22. The number of carbonyl (C=O) groups is 1. The number of H-pyrrole nitrogens is 2. The topological polar surface area (TPSA) is 108 Å². The Hall–Kier alpha value is -2.87. The summed E-state index contributed by atoms with van der Waals surface area (Å²) in [7, 11) is 0. The summed E-state index contributed by atoms with van der Waals surface area (Å²) >= 11 is 1.41. The van der Waals surface area contributed by atoms with E-state index in [1.165, 1.54) is 37.1 Å². The number of aromatic nitrogens is 3. The Morgan fingerprint density at radius 2 is 1.83 bits per heavy atom. The van der Waals surface area contributed by atoms with E-state index in [0.29, 0.717) is 34.3 Å². The molecule has 2 heterocycles. The maximum atomic E-state index is 12.0. The third kappa shape index (κ3) is 6.88. The van der Waals surface area contributed by atoms with E-state index in [9.17, 15) is 14.4 Å². The molecule has 0 spiro atoms. The number of aromatic amines is 2. The van der Waals surface area contributed by atoms with Gasteiger partial charge in [0.2, 0.25) is 11.5 Å². The fraction of sp³-hybridized carbons (Fsp3) is 0.364. The largest absolute Gasteiger partial charge is 0.353 e. The maximum absolute atomic E-state index is 12.0. The minimum atomic E-state index is -0.134. The molecule has 0 atom stereocenters. The highest BCUT2D eigenvalue weighted by Crippen LogP contribution is 2.18. The number of nitrogens with zero attached hydrogens (tertiary/aromatic N) is 1. The second kappa shape index (κ2) is 11.3. The number of pyridine rings is 1. The van der Waals surface area contributed by atoms with E-state index in [4.69, 9.17) is 0 Å². The fourth-order valence-electron chi connectivity index (χ4n) is 3.30. The molecule has 1 fully saturated rings. The van der Waals surface area contributed by atoms with Crippen molar-refractivity contribution < 1.29 is 4.79 Å². The number of nitrogens with one attached hydrogen (secondary N) is 3. The molecule has 2 aromatic heterocycles. The van der Waals surface area contributed by atoms with Crippen molar-refractivity contribution in [1.29, 1.82) is 0 Å². The molecule has 0 unspecified atom stereocenters. The summed E-state index contributed by atoms with van der Waals surface area (Å²) < 4.78 is 0. The Bertz CT molecular complexity index is 1060. The lowest BCUT2D eigenvalue weighted by Crippen LogP contribution is -2.36. The monoisotopic (exact) mass is 426 g/mol. The molecule has 30 heavy (non-hydrogen) atoms. The second-order valence-corrected chi connectivity index (χ2v) is 8.20. The van der Waals surface area contributed by atoms with Crippen molar-refractivity contribution in [3.8, 4) is 0 Å². The lowest BCUT2D eigenvalue weighted by atomic mass is 9.95. The fourth-order valence-corrected chi connectivity index (χ4v) is 4.11. The highest BCUT2D eigenvalue weighted by atomic mass is 32.2. The zero-order valence-electron chi connectivity index (χ0n) is 16.7. The van der Waals surface area contributed by atoms with Gasteiger partial charge in [0.15, 0.2) is 5.16 Å². The minimum absolute atomic E-state index is 0.0532. The highest BCUT2D eigenvalue weighted by Gasteiger charge is 2.15. The predicted molar refractivity (Wildman–Crippen MR) is 120 cm³/mol. The second-order valence-electron chi connectivity index (χ2n) is 7.12. The van der Waals surface area contributed by atoms with Crippen LogP contribution in [0.15, 0.2) is 63.4 Å². The third-order valence-corrected chi connectivity index (χ3v) is 5.68. The van der Waals surface area contributed by atoms with Gasteiger partial charge in [-0.25, -0.2) is 4.98 Å². The first-order chi connectivity index (χ1) is 14.6. The Morgan fingerprint density at radius 3 is 2.53 bits per heavy atom. The lowest BCUT2D eigenvalue weighted by molar-refractivity contribution is -0.121. The molecular formula is C22H26N4O3S. The predicted octanol–water partition coefficient (Wildman–Crippen LogP) is 3.23. The molecule has 1 saturated carbocycles. The molecular weight excluding hydrogens is 400 g/mol. The number of hydrogen-bond donors (Lipinski definition) is 3. The van der Waals surface area contributed by atoms with Crippen LogP contribution in [0.3, 0.4) is 0 Å². The molecule has 0 bridgehead atoms. The normalized spacial score (nSPS) is 14.0. The summed E-state index contributed by atoms with van der Waals surface area (Å²) in [6.45, 7) is 0.